The van der Waals surface area contributed by atoms with Crippen molar-refractivity contribution in [2.75, 3.05) is 13.6 Å². The van der Waals surface area contributed by atoms with E-state index in [-0.39, 0.29) is 11.8 Å². The fourth-order valence-electron chi connectivity index (χ4n) is 1.79. The third-order valence-electron chi connectivity index (χ3n) is 2.90. The van der Waals surface area contributed by atoms with Crippen molar-refractivity contribution < 1.29 is 4.79 Å². The lowest BCUT2D eigenvalue weighted by Crippen LogP contribution is -2.32. The van der Waals surface area contributed by atoms with Crippen molar-refractivity contribution >= 4 is 5.91 Å². The summed E-state index contributed by atoms with van der Waals surface area (Å²) < 4.78 is 0. The molecule has 0 saturated heterocycles. The van der Waals surface area contributed by atoms with E-state index in [0.29, 0.717) is 25.1 Å². The minimum Gasteiger partial charge on any atom is -0.341 e. The Hall–Kier alpha value is -1.86. The van der Waals surface area contributed by atoms with Gasteiger partial charge in [0.15, 0.2) is 0 Å². The zero-order valence-corrected chi connectivity index (χ0v) is 10.9. The summed E-state index contributed by atoms with van der Waals surface area (Å²) >= 11 is 0. The Balaban J connectivity index is 2.61. The first-order valence-corrected chi connectivity index (χ1v) is 6.02. The quantitative estimate of drug-likeness (QED) is 0.854. The molecule has 1 unspecified atom stereocenters. The zero-order valence-electron chi connectivity index (χ0n) is 10.9. The number of nitriles is 1. The van der Waals surface area contributed by atoms with E-state index in [1.807, 2.05) is 19.1 Å². The maximum Gasteiger partial charge on any atom is 0.225 e. The van der Waals surface area contributed by atoms with Crippen LogP contribution < -0.4 is 5.73 Å². The van der Waals surface area contributed by atoms with Crippen molar-refractivity contribution in [1.29, 1.82) is 5.26 Å². The van der Waals surface area contributed by atoms with E-state index in [1.165, 1.54) is 0 Å². The second kappa shape index (κ2) is 6.77. The fourth-order valence-corrected chi connectivity index (χ4v) is 1.79. The molecule has 0 aliphatic heterocycles. The van der Waals surface area contributed by atoms with Crippen LogP contribution in [0.25, 0.3) is 0 Å². The average Bonchev–Trinajstić information content (AvgIpc) is 2.39. The third-order valence-corrected chi connectivity index (χ3v) is 2.90. The molecule has 4 nitrogen and oxygen atoms in total. The highest BCUT2D eigenvalue weighted by molar-refractivity contribution is 5.78. The molecule has 18 heavy (non-hydrogen) atoms. The first-order valence-electron chi connectivity index (χ1n) is 6.02. The van der Waals surface area contributed by atoms with Crippen LogP contribution in [-0.4, -0.2) is 24.4 Å². The van der Waals surface area contributed by atoms with Gasteiger partial charge in [0.05, 0.1) is 11.6 Å². The number of amides is 1. The molecule has 0 bridgehead atoms. The van der Waals surface area contributed by atoms with Crippen LogP contribution in [-0.2, 0) is 11.3 Å². The highest BCUT2D eigenvalue weighted by Gasteiger charge is 2.16. The van der Waals surface area contributed by atoms with Gasteiger partial charge in [-0.25, -0.2) is 0 Å². The van der Waals surface area contributed by atoms with Crippen molar-refractivity contribution in [3.63, 3.8) is 0 Å². The van der Waals surface area contributed by atoms with Gasteiger partial charge in [0.25, 0.3) is 0 Å². The van der Waals surface area contributed by atoms with Crippen molar-refractivity contribution in [1.82, 2.24) is 4.90 Å². The van der Waals surface area contributed by atoms with Crippen molar-refractivity contribution in [3.05, 3.63) is 35.4 Å². The SMILES string of the molecule is CC(CCN)C(=O)N(C)Cc1ccc(C#N)cc1. The van der Waals surface area contributed by atoms with Crippen LogP contribution in [0.1, 0.15) is 24.5 Å². The number of nitrogens with two attached hydrogens (primary N) is 1. The average molecular weight is 245 g/mol. The second-order valence-electron chi connectivity index (χ2n) is 4.48. The molecule has 0 radical (unpaired) electrons. The number of benzene rings is 1. The van der Waals surface area contributed by atoms with Crippen LogP contribution in [0.15, 0.2) is 24.3 Å². The first kappa shape index (κ1) is 14.2. The van der Waals surface area contributed by atoms with E-state index >= 15 is 0 Å². The molecule has 1 aromatic rings. The van der Waals surface area contributed by atoms with Gasteiger partial charge in [-0.05, 0) is 30.7 Å². The Bertz CT molecular complexity index is 433. The molecular weight excluding hydrogens is 226 g/mol. The lowest BCUT2D eigenvalue weighted by molar-refractivity contribution is -0.134. The van der Waals surface area contributed by atoms with Crippen LogP contribution in [0.5, 0.6) is 0 Å². The normalized spacial score (nSPS) is 11.7. The first-order chi connectivity index (χ1) is 8.58. The summed E-state index contributed by atoms with van der Waals surface area (Å²) in [5.74, 6) is 0.0585. The molecule has 1 rings (SSSR count). The minimum atomic E-state index is -0.0432. The number of carbonyl (C=O) groups excluding carboxylic acids is 1. The smallest absolute Gasteiger partial charge is 0.225 e. The van der Waals surface area contributed by atoms with E-state index in [1.54, 1.807) is 24.1 Å². The zero-order chi connectivity index (χ0) is 13.5. The van der Waals surface area contributed by atoms with Gasteiger partial charge in [0.2, 0.25) is 5.91 Å². The van der Waals surface area contributed by atoms with Gasteiger partial charge in [-0.3, -0.25) is 4.79 Å². The molecule has 0 fully saturated rings. The number of hydrogen-bond donors (Lipinski definition) is 1. The Kier molecular flexibility index (Phi) is 5.34. The molecule has 2 N–H and O–H groups in total. The predicted octanol–water partition coefficient (Wildman–Crippen LogP) is 1.50. The van der Waals surface area contributed by atoms with Crippen LogP contribution in [0, 0.1) is 17.2 Å². The monoisotopic (exact) mass is 245 g/mol. The largest absolute Gasteiger partial charge is 0.341 e. The van der Waals surface area contributed by atoms with E-state index in [0.717, 1.165) is 5.56 Å². The Morgan fingerprint density at radius 2 is 2.06 bits per heavy atom. The van der Waals surface area contributed by atoms with E-state index in [2.05, 4.69) is 6.07 Å². The highest BCUT2D eigenvalue weighted by atomic mass is 16.2. The molecule has 0 saturated carbocycles. The molecule has 0 spiro atoms. The molecular formula is C14H19N3O. The van der Waals surface area contributed by atoms with Crippen LogP contribution >= 0.6 is 0 Å². The second-order valence-corrected chi connectivity index (χ2v) is 4.48. The van der Waals surface area contributed by atoms with Gasteiger partial charge in [0.1, 0.15) is 0 Å². The molecule has 1 atom stereocenters. The highest BCUT2D eigenvalue weighted by Crippen LogP contribution is 2.10. The van der Waals surface area contributed by atoms with Crippen molar-refractivity contribution in [2.45, 2.75) is 19.9 Å². The number of hydrogen-bond acceptors (Lipinski definition) is 3. The predicted molar refractivity (Wildman–Crippen MR) is 70.5 cm³/mol. The van der Waals surface area contributed by atoms with Crippen molar-refractivity contribution in [3.8, 4) is 6.07 Å². The maximum atomic E-state index is 12.0. The van der Waals surface area contributed by atoms with Gasteiger partial charge in [0, 0.05) is 19.5 Å². The van der Waals surface area contributed by atoms with E-state index < -0.39 is 0 Å². The van der Waals surface area contributed by atoms with Crippen LogP contribution in [0.2, 0.25) is 0 Å². The summed E-state index contributed by atoms with van der Waals surface area (Å²) in [4.78, 5) is 13.7. The van der Waals surface area contributed by atoms with Gasteiger partial charge in [-0.1, -0.05) is 19.1 Å². The number of carbonyl (C=O) groups is 1. The molecule has 1 amide bonds. The third kappa shape index (κ3) is 3.86. The summed E-state index contributed by atoms with van der Waals surface area (Å²) in [6.45, 7) is 2.97. The number of rotatable bonds is 5. The number of nitrogens with zero attached hydrogens (tertiary/aromatic N) is 2. The maximum absolute atomic E-state index is 12.0. The standard InChI is InChI=1S/C14H19N3O/c1-11(7-8-15)14(18)17(2)10-13-5-3-12(9-16)4-6-13/h3-6,11H,7-8,10,15H2,1-2H3. The molecule has 96 valence electrons. The summed E-state index contributed by atoms with van der Waals surface area (Å²) in [6, 6.07) is 9.33. The summed E-state index contributed by atoms with van der Waals surface area (Å²) in [5, 5.41) is 8.70. The summed E-state index contributed by atoms with van der Waals surface area (Å²) in [6.07, 6.45) is 0.705. The lowest BCUT2D eigenvalue weighted by Gasteiger charge is -2.21. The lowest BCUT2D eigenvalue weighted by atomic mass is 10.1. The minimum absolute atomic E-state index is 0.0432. The van der Waals surface area contributed by atoms with Gasteiger partial charge in [-0.15, -0.1) is 0 Å². The topological polar surface area (TPSA) is 70.1 Å². The van der Waals surface area contributed by atoms with Gasteiger partial charge in [-0.2, -0.15) is 5.26 Å². The molecule has 1 aromatic carbocycles. The van der Waals surface area contributed by atoms with Crippen LogP contribution in [0.4, 0.5) is 0 Å². The van der Waals surface area contributed by atoms with Crippen LogP contribution in [0.3, 0.4) is 0 Å². The van der Waals surface area contributed by atoms with Crippen molar-refractivity contribution in [2.24, 2.45) is 11.7 Å². The summed E-state index contributed by atoms with van der Waals surface area (Å²) in [7, 11) is 1.79. The molecule has 0 aromatic heterocycles. The van der Waals surface area contributed by atoms with E-state index in [4.69, 9.17) is 11.0 Å². The summed E-state index contributed by atoms with van der Waals surface area (Å²) in [5.41, 5.74) is 7.10. The fraction of sp³-hybridized carbons (Fsp3) is 0.429. The van der Waals surface area contributed by atoms with Gasteiger partial charge < -0.3 is 10.6 Å². The Morgan fingerprint density at radius 3 is 2.56 bits per heavy atom. The molecule has 0 aliphatic carbocycles. The molecule has 0 heterocycles. The Labute approximate surface area is 108 Å². The van der Waals surface area contributed by atoms with Gasteiger partial charge >= 0.3 is 0 Å². The van der Waals surface area contributed by atoms with E-state index in [9.17, 15) is 4.79 Å². The Morgan fingerprint density at radius 1 is 1.44 bits per heavy atom. The molecule has 0 aliphatic rings. The molecule has 4 heteroatoms.